The summed E-state index contributed by atoms with van der Waals surface area (Å²) < 4.78 is 1.17. The molecule has 0 aliphatic carbocycles. The van der Waals surface area contributed by atoms with Crippen LogP contribution in [0, 0.1) is 5.92 Å². The van der Waals surface area contributed by atoms with Crippen molar-refractivity contribution in [1.29, 1.82) is 0 Å². The van der Waals surface area contributed by atoms with Gasteiger partial charge >= 0.3 is 0 Å². The minimum atomic E-state index is 0.549. The van der Waals surface area contributed by atoms with E-state index in [0.29, 0.717) is 17.9 Å². The second-order valence-corrected chi connectivity index (χ2v) is 5.88. The van der Waals surface area contributed by atoms with E-state index in [1.165, 1.54) is 10.0 Å². The number of rotatable bonds is 5. The quantitative estimate of drug-likeness (QED) is 0.855. The summed E-state index contributed by atoms with van der Waals surface area (Å²) in [5, 5.41) is 3.53. The van der Waals surface area contributed by atoms with E-state index in [0.717, 1.165) is 6.54 Å². The highest BCUT2D eigenvalue weighted by molar-refractivity contribution is 9.10. The molecular weight excluding hydrogens is 262 g/mol. The number of benzene rings is 1. The van der Waals surface area contributed by atoms with Crippen molar-refractivity contribution in [3.05, 3.63) is 34.3 Å². The van der Waals surface area contributed by atoms with E-state index in [1.54, 1.807) is 0 Å². The standard InChI is InChI=1S/C14H22BrN/c1-10(2)14(9-16-11(3)4)12-6-5-7-13(15)8-12/h5-8,10-11,14,16H,9H2,1-4H3. The molecular formula is C14H22BrN. The molecule has 0 amide bonds. The minimum Gasteiger partial charge on any atom is -0.314 e. The van der Waals surface area contributed by atoms with Crippen molar-refractivity contribution in [1.82, 2.24) is 5.32 Å². The Hall–Kier alpha value is -0.340. The second-order valence-electron chi connectivity index (χ2n) is 4.97. The molecule has 1 atom stereocenters. The Bertz CT molecular complexity index is 320. The summed E-state index contributed by atoms with van der Waals surface area (Å²) in [6, 6.07) is 9.19. The lowest BCUT2D eigenvalue weighted by atomic mass is 9.88. The van der Waals surface area contributed by atoms with Gasteiger partial charge in [-0.3, -0.25) is 0 Å². The molecule has 1 rings (SSSR count). The fourth-order valence-corrected chi connectivity index (χ4v) is 2.26. The predicted molar refractivity (Wildman–Crippen MR) is 74.9 cm³/mol. The average Bonchev–Trinajstić information content (AvgIpc) is 2.17. The minimum absolute atomic E-state index is 0.549. The first-order chi connectivity index (χ1) is 7.50. The summed E-state index contributed by atoms with van der Waals surface area (Å²) in [5.41, 5.74) is 1.41. The largest absolute Gasteiger partial charge is 0.314 e. The summed E-state index contributed by atoms with van der Waals surface area (Å²) >= 11 is 3.54. The van der Waals surface area contributed by atoms with Crippen molar-refractivity contribution in [2.75, 3.05) is 6.54 Å². The van der Waals surface area contributed by atoms with Crippen LogP contribution < -0.4 is 5.32 Å². The Morgan fingerprint density at radius 3 is 2.38 bits per heavy atom. The van der Waals surface area contributed by atoms with E-state index in [4.69, 9.17) is 0 Å². The third-order valence-corrected chi connectivity index (χ3v) is 3.32. The molecule has 0 bridgehead atoms. The van der Waals surface area contributed by atoms with Gasteiger partial charge in [0.05, 0.1) is 0 Å². The Morgan fingerprint density at radius 2 is 1.88 bits per heavy atom. The molecule has 0 saturated carbocycles. The monoisotopic (exact) mass is 283 g/mol. The lowest BCUT2D eigenvalue weighted by molar-refractivity contribution is 0.441. The topological polar surface area (TPSA) is 12.0 Å². The molecule has 0 radical (unpaired) electrons. The third kappa shape index (κ3) is 4.26. The Kier molecular flexibility index (Phi) is 5.50. The van der Waals surface area contributed by atoms with Crippen molar-refractivity contribution in [2.24, 2.45) is 5.92 Å². The van der Waals surface area contributed by atoms with Crippen LogP contribution in [0.2, 0.25) is 0 Å². The van der Waals surface area contributed by atoms with Gasteiger partial charge in [0.2, 0.25) is 0 Å². The van der Waals surface area contributed by atoms with Crippen molar-refractivity contribution < 1.29 is 0 Å². The number of hydrogen-bond acceptors (Lipinski definition) is 1. The average molecular weight is 284 g/mol. The molecule has 0 spiro atoms. The second kappa shape index (κ2) is 6.41. The highest BCUT2D eigenvalue weighted by Gasteiger charge is 2.15. The molecule has 0 aliphatic rings. The van der Waals surface area contributed by atoms with Gasteiger partial charge in [0.1, 0.15) is 0 Å². The van der Waals surface area contributed by atoms with E-state index < -0.39 is 0 Å². The van der Waals surface area contributed by atoms with Gasteiger partial charge in [-0.15, -0.1) is 0 Å². The molecule has 0 saturated heterocycles. The smallest absolute Gasteiger partial charge is 0.0178 e. The Balaban J connectivity index is 2.77. The van der Waals surface area contributed by atoms with Gasteiger partial charge in [0.15, 0.2) is 0 Å². The normalized spacial score (nSPS) is 13.4. The molecule has 90 valence electrons. The predicted octanol–water partition coefficient (Wildman–Crippen LogP) is 4.19. The van der Waals surface area contributed by atoms with Crippen LogP contribution in [-0.4, -0.2) is 12.6 Å². The zero-order valence-electron chi connectivity index (χ0n) is 10.6. The summed E-state index contributed by atoms with van der Waals surface area (Å²) in [6.07, 6.45) is 0. The Labute approximate surface area is 108 Å². The van der Waals surface area contributed by atoms with Crippen molar-refractivity contribution in [2.45, 2.75) is 39.7 Å². The highest BCUT2D eigenvalue weighted by atomic mass is 79.9. The van der Waals surface area contributed by atoms with Crippen molar-refractivity contribution in [3.8, 4) is 0 Å². The molecule has 0 heterocycles. The molecule has 1 nitrogen and oxygen atoms in total. The summed E-state index contributed by atoms with van der Waals surface area (Å²) in [7, 11) is 0. The first kappa shape index (κ1) is 13.7. The van der Waals surface area contributed by atoms with Crippen molar-refractivity contribution in [3.63, 3.8) is 0 Å². The van der Waals surface area contributed by atoms with Crippen LogP contribution in [0.4, 0.5) is 0 Å². The van der Waals surface area contributed by atoms with E-state index in [2.05, 4.69) is 73.2 Å². The van der Waals surface area contributed by atoms with Crippen LogP contribution in [0.1, 0.15) is 39.2 Å². The van der Waals surface area contributed by atoms with E-state index >= 15 is 0 Å². The first-order valence-corrected chi connectivity index (χ1v) is 6.79. The molecule has 1 N–H and O–H groups in total. The zero-order valence-corrected chi connectivity index (χ0v) is 12.2. The van der Waals surface area contributed by atoms with Gasteiger partial charge in [-0.05, 0) is 29.5 Å². The van der Waals surface area contributed by atoms with Crippen LogP contribution in [0.25, 0.3) is 0 Å². The third-order valence-electron chi connectivity index (χ3n) is 2.83. The SMILES string of the molecule is CC(C)NCC(c1cccc(Br)c1)C(C)C. The fraction of sp³-hybridized carbons (Fsp3) is 0.571. The van der Waals surface area contributed by atoms with Gasteiger partial charge < -0.3 is 5.32 Å². The molecule has 0 aliphatic heterocycles. The van der Waals surface area contributed by atoms with Crippen LogP contribution >= 0.6 is 15.9 Å². The van der Waals surface area contributed by atoms with Gasteiger partial charge in [-0.2, -0.15) is 0 Å². The molecule has 0 fully saturated rings. The summed E-state index contributed by atoms with van der Waals surface area (Å²) in [6.45, 7) is 10.0. The summed E-state index contributed by atoms with van der Waals surface area (Å²) in [5.74, 6) is 1.24. The molecule has 1 unspecified atom stereocenters. The van der Waals surface area contributed by atoms with Gasteiger partial charge in [-0.1, -0.05) is 55.8 Å². The number of nitrogens with one attached hydrogen (secondary N) is 1. The molecule has 1 aromatic rings. The molecule has 16 heavy (non-hydrogen) atoms. The van der Waals surface area contributed by atoms with Crippen LogP contribution in [-0.2, 0) is 0 Å². The molecule has 0 aromatic heterocycles. The summed E-state index contributed by atoms with van der Waals surface area (Å²) in [4.78, 5) is 0. The van der Waals surface area contributed by atoms with Crippen LogP contribution in [0.15, 0.2) is 28.7 Å². The molecule has 2 heteroatoms. The highest BCUT2D eigenvalue weighted by Crippen LogP contribution is 2.26. The van der Waals surface area contributed by atoms with E-state index in [1.807, 2.05) is 0 Å². The number of halogens is 1. The van der Waals surface area contributed by atoms with Crippen molar-refractivity contribution >= 4 is 15.9 Å². The lowest BCUT2D eigenvalue weighted by Gasteiger charge is -2.23. The van der Waals surface area contributed by atoms with E-state index in [-0.39, 0.29) is 0 Å². The maximum Gasteiger partial charge on any atom is 0.0178 e. The van der Waals surface area contributed by atoms with Crippen LogP contribution in [0.3, 0.4) is 0 Å². The van der Waals surface area contributed by atoms with Gasteiger partial charge in [0.25, 0.3) is 0 Å². The fourth-order valence-electron chi connectivity index (χ4n) is 1.84. The van der Waals surface area contributed by atoms with E-state index in [9.17, 15) is 0 Å². The van der Waals surface area contributed by atoms with Gasteiger partial charge in [-0.25, -0.2) is 0 Å². The maximum absolute atomic E-state index is 3.54. The van der Waals surface area contributed by atoms with Gasteiger partial charge in [0, 0.05) is 17.1 Å². The Morgan fingerprint density at radius 1 is 1.19 bits per heavy atom. The first-order valence-electron chi connectivity index (χ1n) is 5.99. The molecule has 1 aromatic carbocycles. The lowest BCUT2D eigenvalue weighted by Crippen LogP contribution is -2.30. The zero-order chi connectivity index (χ0) is 12.1. The van der Waals surface area contributed by atoms with Crippen LogP contribution in [0.5, 0.6) is 0 Å². The number of hydrogen-bond donors (Lipinski definition) is 1. The maximum atomic E-state index is 3.54.